The maximum absolute atomic E-state index is 11.3. The summed E-state index contributed by atoms with van der Waals surface area (Å²) in [6.07, 6.45) is 0. The van der Waals surface area contributed by atoms with Crippen LogP contribution in [0.1, 0.15) is 0 Å². The molecule has 1 aliphatic carbocycles. The van der Waals surface area contributed by atoms with E-state index in [0.717, 1.165) is 0 Å². The highest BCUT2D eigenvalue weighted by Gasteiger charge is 2.71. The van der Waals surface area contributed by atoms with Crippen LogP contribution in [0.15, 0.2) is 0 Å². The second kappa shape index (κ2) is 3.34. The number of rotatable bonds is 2. The second-order valence-electron chi connectivity index (χ2n) is 3.68. The van der Waals surface area contributed by atoms with Crippen molar-refractivity contribution in [2.24, 2.45) is 17.8 Å². The van der Waals surface area contributed by atoms with Gasteiger partial charge in [-0.05, 0) is 0 Å². The van der Waals surface area contributed by atoms with Crippen LogP contribution in [0.2, 0.25) is 0 Å². The SMILES string of the molecule is Cl.O=C(O)C1CS(=O)(=O)C2C(C(=O)O)C12. The van der Waals surface area contributed by atoms with Crippen LogP contribution >= 0.6 is 12.4 Å². The number of hydrogen-bond donors (Lipinski definition) is 2. The molecule has 1 saturated heterocycles. The smallest absolute Gasteiger partial charge is 0.308 e. The summed E-state index contributed by atoms with van der Waals surface area (Å²) in [5.41, 5.74) is 0. The van der Waals surface area contributed by atoms with E-state index in [0.29, 0.717) is 0 Å². The first-order chi connectivity index (χ1) is 6.36. The highest BCUT2D eigenvalue weighted by atomic mass is 35.5. The molecule has 0 aromatic carbocycles. The zero-order valence-corrected chi connectivity index (χ0v) is 8.99. The number of carboxylic acid groups (broad SMARTS) is 2. The number of hydrogen-bond acceptors (Lipinski definition) is 4. The van der Waals surface area contributed by atoms with E-state index >= 15 is 0 Å². The third kappa shape index (κ3) is 1.59. The molecule has 86 valence electrons. The summed E-state index contributed by atoms with van der Waals surface area (Å²) in [6.45, 7) is 0. The van der Waals surface area contributed by atoms with Gasteiger partial charge in [0, 0.05) is 5.92 Å². The molecular formula is C7H9ClO6S. The maximum atomic E-state index is 11.3. The summed E-state index contributed by atoms with van der Waals surface area (Å²) >= 11 is 0. The lowest BCUT2D eigenvalue weighted by molar-refractivity contribution is -0.142. The fourth-order valence-corrected chi connectivity index (χ4v) is 4.84. The molecule has 2 aliphatic rings. The molecule has 1 heterocycles. The second-order valence-corrected chi connectivity index (χ2v) is 5.88. The summed E-state index contributed by atoms with van der Waals surface area (Å²) in [7, 11) is -3.50. The van der Waals surface area contributed by atoms with Crippen molar-refractivity contribution in [1.82, 2.24) is 0 Å². The van der Waals surface area contributed by atoms with Crippen LogP contribution in [-0.4, -0.2) is 41.6 Å². The number of halogens is 1. The van der Waals surface area contributed by atoms with Gasteiger partial charge in [-0.3, -0.25) is 9.59 Å². The highest BCUT2D eigenvalue weighted by Crippen LogP contribution is 2.55. The number of carboxylic acids is 2. The lowest BCUT2D eigenvalue weighted by Gasteiger charge is -2.05. The summed E-state index contributed by atoms with van der Waals surface area (Å²) in [5, 5.41) is 16.4. The summed E-state index contributed by atoms with van der Waals surface area (Å²) in [5.74, 6) is -5.60. The molecule has 0 amide bonds. The van der Waals surface area contributed by atoms with Crippen LogP contribution in [0.4, 0.5) is 0 Å². The zero-order chi connectivity index (χ0) is 10.7. The largest absolute Gasteiger partial charge is 0.481 e. The van der Waals surface area contributed by atoms with E-state index in [1.807, 2.05) is 0 Å². The summed E-state index contributed by atoms with van der Waals surface area (Å²) < 4.78 is 22.6. The molecule has 1 aliphatic heterocycles. The predicted octanol–water partition coefficient (Wildman–Crippen LogP) is -0.763. The molecule has 1 saturated carbocycles. The lowest BCUT2D eigenvalue weighted by Crippen LogP contribution is -2.24. The minimum absolute atomic E-state index is 0. The van der Waals surface area contributed by atoms with Gasteiger partial charge in [-0.2, -0.15) is 0 Å². The van der Waals surface area contributed by atoms with E-state index in [1.54, 1.807) is 0 Å². The zero-order valence-electron chi connectivity index (χ0n) is 7.36. The molecule has 6 nitrogen and oxygen atoms in total. The van der Waals surface area contributed by atoms with Crippen molar-refractivity contribution in [2.75, 3.05) is 5.75 Å². The van der Waals surface area contributed by atoms with Crippen LogP contribution in [0.25, 0.3) is 0 Å². The van der Waals surface area contributed by atoms with Crippen molar-refractivity contribution in [3.05, 3.63) is 0 Å². The fraction of sp³-hybridized carbons (Fsp3) is 0.714. The van der Waals surface area contributed by atoms with Gasteiger partial charge in [-0.25, -0.2) is 8.42 Å². The average Bonchev–Trinajstić information content (AvgIpc) is 2.68. The Morgan fingerprint density at radius 2 is 1.67 bits per heavy atom. The topological polar surface area (TPSA) is 109 Å². The van der Waals surface area contributed by atoms with Gasteiger partial charge in [0.25, 0.3) is 0 Å². The summed E-state index contributed by atoms with van der Waals surface area (Å²) in [6, 6.07) is 0. The summed E-state index contributed by atoms with van der Waals surface area (Å²) in [4.78, 5) is 21.2. The minimum Gasteiger partial charge on any atom is -0.481 e. The Morgan fingerprint density at radius 3 is 2.00 bits per heavy atom. The van der Waals surface area contributed by atoms with Gasteiger partial charge in [0.1, 0.15) is 0 Å². The van der Waals surface area contributed by atoms with Crippen molar-refractivity contribution in [2.45, 2.75) is 5.25 Å². The monoisotopic (exact) mass is 256 g/mol. The Hall–Kier alpha value is -0.820. The van der Waals surface area contributed by atoms with Gasteiger partial charge < -0.3 is 10.2 Å². The number of aliphatic carboxylic acids is 2. The quantitative estimate of drug-likeness (QED) is 0.672. The molecular weight excluding hydrogens is 248 g/mol. The molecule has 0 spiro atoms. The van der Waals surface area contributed by atoms with E-state index in [9.17, 15) is 18.0 Å². The van der Waals surface area contributed by atoms with Crippen molar-refractivity contribution in [3.8, 4) is 0 Å². The molecule has 0 bridgehead atoms. The van der Waals surface area contributed by atoms with Crippen molar-refractivity contribution in [3.63, 3.8) is 0 Å². The van der Waals surface area contributed by atoms with E-state index < -0.39 is 50.5 Å². The highest BCUT2D eigenvalue weighted by molar-refractivity contribution is 7.92. The minimum atomic E-state index is -3.50. The van der Waals surface area contributed by atoms with Gasteiger partial charge in [0.2, 0.25) is 0 Å². The van der Waals surface area contributed by atoms with E-state index in [1.165, 1.54) is 0 Å². The molecule has 2 rings (SSSR count). The Labute approximate surface area is 91.6 Å². The number of carbonyl (C=O) groups is 2. The first-order valence-electron chi connectivity index (χ1n) is 4.03. The van der Waals surface area contributed by atoms with Crippen molar-refractivity contribution in [1.29, 1.82) is 0 Å². The van der Waals surface area contributed by atoms with E-state index in [2.05, 4.69) is 0 Å². The first-order valence-corrected chi connectivity index (χ1v) is 5.75. The van der Waals surface area contributed by atoms with E-state index in [-0.39, 0.29) is 12.4 Å². The average molecular weight is 257 g/mol. The Morgan fingerprint density at radius 1 is 1.13 bits per heavy atom. The van der Waals surface area contributed by atoms with Gasteiger partial charge in [-0.15, -0.1) is 12.4 Å². The molecule has 2 fully saturated rings. The molecule has 0 aromatic rings. The van der Waals surface area contributed by atoms with Crippen molar-refractivity contribution >= 4 is 34.2 Å². The first kappa shape index (κ1) is 12.3. The molecule has 4 unspecified atom stereocenters. The van der Waals surface area contributed by atoms with Crippen LogP contribution in [0.5, 0.6) is 0 Å². The fourth-order valence-electron chi connectivity index (χ4n) is 2.26. The van der Waals surface area contributed by atoms with Gasteiger partial charge in [0.05, 0.1) is 22.8 Å². The van der Waals surface area contributed by atoms with Crippen LogP contribution in [0.3, 0.4) is 0 Å². The molecule has 0 aromatic heterocycles. The molecule has 2 N–H and O–H groups in total. The third-order valence-corrected chi connectivity index (χ3v) is 5.16. The van der Waals surface area contributed by atoms with Crippen LogP contribution in [0, 0.1) is 17.8 Å². The number of sulfone groups is 1. The molecule has 0 radical (unpaired) electrons. The van der Waals surface area contributed by atoms with Crippen LogP contribution in [-0.2, 0) is 19.4 Å². The number of fused-ring (bicyclic) bond motifs is 1. The lowest BCUT2D eigenvalue weighted by atomic mass is 10.1. The Kier molecular flexibility index (Phi) is 2.73. The van der Waals surface area contributed by atoms with Gasteiger partial charge in [0.15, 0.2) is 9.84 Å². The maximum Gasteiger partial charge on any atom is 0.308 e. The molecule has 15 heavy (non-hydrogen) atoms. The van der Waals surface area contributed by atoms with Gasteiger partial charge in [-0.1, -0.05) is 0 Å². The normalized spacial score (nSPS) is 40.0. The Balaban J connectivity index is 0.00000112. The van der Waals surface area contributed by atoms with Crippen LogP contribution < -0.4 is 0 Å². The standard InChI is InChI=1S/C7H8O6S.ClH/c8-6(9)2-1-14(12,13)5-3(2)4(5)7(10)11;/h2-5H,1H2,(H,8,9)(H,10,11);1H. The Bertz CT molecular complexity index is 415. The van der Waals surface area contributed by atoms with E-state index in [4.69, 9.17) is 10.2 Å². The third-order valence-electron chi connectivity index (χ3n) is 2.90. The van der Waals surface area contributed by atoms with Gasteiger partial charge >= 0.3 is 11.9 Å². The predicted molar refractivity (Wildman–Crippen MR) is 50.6 cm³/mol. The molecule has 8 heteroatoms. The molecule has 4 atom stereocenters. The van der Waals surface area contributed by atoms with Crippen molar-refractivity contribution < 1.29 is 28.2 Å².